The highest BCUT2D eigenvalue weighted by molar-refractivity contribution is 5.97. The Kier molecular flexibility index (Phi) is 6.85. The van der Waals surface area contributed by atoms with Gasteiger partial charge >= 0.3 is 0 Å². The van der Waals surface area contributed by atoms with Crippen LogP contribution in [0.25, 0.3) is 11.1 Å². The van der Waals surface area contributed by atoms with Gasteiger partial charge in [-0.05, 0) is 74.7 Å². The van der Waals surface area contributed by atoms with Crippen molar-refractivity contribution in [1.29, 1.82) is 0 Å². The Morgan fingerprint density at radius 1 is 0.871 bits per heavy atom. The summed E-state index contributed by atoms with van der Waals surface area (Å²) in [6, 6.07) is 17.3. The van der Waals surface area contributed by atoms with Gasteiger partial charge in [-0.2, -0.15) is 0 Å². The summed E-state index contributed by atoms with van der Waals surface area (Å²) in [5.74, 6) is 1.47. The molecule has 5 nitrogen and oxygen atoms in total. The number of anilines is 2. The maximum absolute atomic E-state index is 12.8. The molecule has 0 unspecified atom stereocenters. The third-order valence-corrected chi connectivity index (χ3v) is 5.30. The lowest BCUT2D eigenvalue weighted by Crippen LogP contribution is -2.32. The van der Waals surface area contributed by atoms with Crippen LogP contribution >= 0.6 is 0 Å². The molecule has 0 aliphatic heterocycles. The molecule has 0 bridgehead atoms. The molecule has 31 heavy (non-hydrogen) atoms. The van der Waals surface area contributed by atoms with Gasteiger partial charge in [0.15, 0.2) is 0 Å². The van der Waals surface area contributed by atoms with Gasteiger partial charge in [-0.25, -0.2) is 0 Å². The molecule has 0 saturated carbocycles. The Labute approximate surface area is 184 Å². The topological polar surface area (TPSA) is 59.6 Å². The minimum absolute atomic E-state index is 0.0862. The van der Waals surface area contributed by atoms with E-state index in [0.717, 1.165) is 45.1 Å². The second-order valence-corrected chi connectivity index (χ2v) is 7.77. The van der Waals surface area contributed by atoms with Crippen LogP contribution in [0, 0.1) is 20.8 Å². The number of ether oxygens (including phenoxy) is 2. The molecule has 0 saturated heterocycles. The van der Waals surface area contributed by atoms with Gasteiger partial charge in [0, 0.05) is 16.9 Å². The summed E-state index contributed by atoms with van der Waals surface area (Å²) in [6.45, 7) is 7.93. The SMILES string of the molecule is COc1ccc(-c2cc(N[C@H](C)C(=O)Nc3c(C)cc(C)cc3C)ccc2OC)cc1. The standard InChI is InChI=1S/C26H30N2O3/c1-16-13-17(2)25(18(3)14-16)28-26(29)19(4)27-21-9-12-24(31-6)23(15-21)20-7-10-22(30-5)11-8-20/h7-15,19,27H,1-6H3,(H,28,29)/t19-/m1/s1. The Bertz CT molecular complexity index is 1050. The lowest BCUT2D eigenvalue weighted by molar-refractivity contribution is -0.116. The van der Waals surface area contributed by atoms with Gasteiger partial charge in [0.1, 0.15) is 17.5 Å². The molecule has 3 aromatic carbocycles. The molecule has 0 aliphatic carbocycles. The first-order valence-electron chi connectivity index (χ1n) is 10.3. The predicted octanol–water partition coefficient (Wildman–Crippen LogP) is 5.74. The summed E-state index contributed by atoms with van der Waals surface area (Å²) in [5, 5.41) is 6.37. The van der Waals surface area contributed by atoms with Crippen molar-refractivity contribution in [3.05, 3.63) is 71.3 Å². The van der Waals surface area contributed by atoms with E-state index in [1.165, 1.54) is 5.56 Å². The van der Waals surface area contributed by atoms with Gasteiger partial charge in [0.25, 0.3) is 0 Å². The number of carbonyl (C=O) groups excluding carboxylic acids is 1. The fraction of sp³-hybridized carbons (Fsp3) is 0.269. The number of benzene rings is 3. The van der Waals surface area contributed by atoms with Crippen LogP contribution in [0.2, 0.25) is 0 Å². The minimum Gasteiger partial charge on any atom is -0.497 e. The molecule has 2 N–H and O–H groups in total. The van der Waals surface area contributed by atoms with Crippen LogP contribution in [-0.4, -0.2) is 26.2 Å². The number of methoxy groups -OCH3 is 2. The molecule has 0 aliphatic rings. The largest absolute Gasteiger partial charge is 0.497 e. The molecule has 0 heterocycles. The van der Waals surface area contributed by atoms with Crippen molar-refractivity contribution in [3.63, 3.8) is 0 Å². The van der Waals surface area contributed by atoms with Crippen molar-refractivity contribution in [2.45, 2.75) is 33.7 Å². The Morgan fingerprint density at radius 3 is 2.10 bits per heavy atom. The van der Waals surface area contributed by atoms with Gasteiger partial charge in [0.2, 0.25) is 5.91 Å². The average Bonchev–Trinajstić information content (AvgIpc) is 2.76. The third kappa shape index (κ3) is 5.18. The maximum atomic E-state index is 12.8. The highest BCUT2D eigenvalue weighted by Crippen LogP contribution is 2.33. The van der Waals surface area contributed by atoms with Crippen molar-refractivity contribution in [3.8, 4) is 22.6 Å². The first-order valence-corrected chi connectivity index (χ1v) is 10.3. The van der Waals surface area contributed by atoms with E-state index in [9.17, 15) is 4.79 Å². The maximum Gasteiger partial charge on any atom is 0.246 e. The minimum atomic E-state index is -0.419. The fourth-order valence-electron chi connectivity index (χ4n) is 3.72. The predicted molar refractivity (Wildman–Crippen MR) is 127 cm³/mol. The number of rotatable bonds is 7. The van der Waals surface area contributed by atoms with Gasteiger partial charge in [-0.1, -0.05) is 29.8 Å². The van der Waals surface area contributed by atoms with Crippen LogP contribution in [0.3, 0.4) is 0 Å². The lowest BCUT2D eigenvalue weighted by Gasteiger charge is -2.19. The normalized spacial score (nSPS) is 11.5. The smallest absolute Gasteiger partial charge is 0.246 e. The fourth-order valence-corrected chi connectivity index (χ4v) is 3.72. The van der Waals surface area contributed by atoms with Gasteiger partial charge in [-0.3, -0.25) is 4.79 Å². The molecular formula is C26H30N2O3. The van der Waals surface area contributed by atoms with E-state index in [1.54, 1.807) is 14.2 Å². The first kappa shape index (κ1) is 22.2. The quantitative estimate of drug-likeness (QED) is 0.514. The molecule has 1 atom stereocenters. The second-order valence-electron chi connectivity index (χ2n) is 7.77. The van der Waals surface area contributed by atoms with E-state index in [1.807, 2.05) is 63.2 Å². The van der Waals surface area contributed by atoms with Crippen LogP contribution in [0.5, 0.6) is 11.5 Å². The molecular weight excluding hydrogens is 388 g/mol. The number of amides is 1. The van der Waals surface area contributed by atoms with Gasteiger partial charge in [0.05, 0.1) is 14.2 Å². The van der Waals surface area contributed by atoms with Crippen molar-refractivity contribution in [2.24, 2.45) is 0 Å². The van der Waals surface area contributed by atoms with E-state index in [0.29, 0.717) is 0 Å². The second kappa shape index (κ2) is 9.56. The van der Waals surface area contributed by atoms with Crippen molar-refractivity contribution >= 4 is 17.3 Å². The number of carbonyl (C=O) groups is 1. The average molecular weight is 419 g/mol. The van der Waals surface area contributed by atoms with Crippen LogP contribution < -0.4 is 20.1 Å². The molecule has 0 aromatic heterocycles. The molecule has 1 amide bonds. The van der Waals surface area contributed by atoms with Crippen LogP contribution in [0.4, 0.5) is 11.4 Å². The van der Waals surface area contributed by atoms with Crippen molar-refractivity contribution in [1.82, 2.24) is 0 Å². The summed E-state index contributed by atoms with van der Waals surface area (Å²) in [5.41, 5.74) is 6.96. The summed E-state index contributed by atoms with van der Waals surface area (Å²) in [6.07, 6.45) is 0. The Balaban J connectivity index is 1.79. The zero-order valence-electron chi connectivity index (χ0n) is 19.0. The van der Waals surface area contributed by atoms with E-state index >= 15 is 0 Å². The molecule has 5 heteroatoms. The van der Waals surface area contributed by atoms with Crippen LogP contribution in [0.15, 0.2) is 54.6 Å². The highest BCUT2D eigenvalue weighted by Gasteiger charge is 2.16. The first-order chi connectivity index (χ1) is 14.8. The van der Waals surface area contributed by atoms with Crippen LogP contribution in [0.1, 0.15) is 23.6 Å². The zero-order chi connectivity index (χ0) is 22.5. The number of nitrogens with one attached hydrogen (secondary N) is 2. The van der Waals surface area contributed by atoms with Gasteiger partial charge < -0.3 is 20.1 Å². The summed E-state index contributed by atoms with van der Waals surface area (Å²) in [7, 11) is 3.30. The Morgan fingerprint density at radius 2 is 1.52 bits per heavy atom. The Hall–Kier alpha value is -3.47. The molecule has 162 valence electrons. The highest BCUT2D eigenvalue weighted by atomic mass is 16.5. The van der Waals surface area contributed by atoms with Crippen molar-refractivity contribution < 1.29 is 14.3 Å². The van der Waals surface area contributed by atoms with E-state index in [2.05, 4.69) is 29.7 Å². The van der Waals surface area contributed by atoms with Crippen molar-refractivity contribution in [2.75, 3.05) is 24.9 Å². The molecule has 0 spiro atoms. The molecule has 3 aromatic rings. The third-order valence-electron chi connectivity index (χ3n) is 5.30. The van der Waals surface area contributed by atoms with E-state index < -0.39 is 6.04 Å². The lowest BCUT2D eigenvalue weighted by atomic mass is 10.0. The molecule has 0 radical (unpaired) electrons. The number of hydrogen-bond donors (Lipinski definition) is 2. The zero-order valence-corrected chi connectivity index (χ0v) is 19.0. The summed E-state index contributed by atoms with van der Waals surface area (Å²) >= 11 is 0. The number of aryl methyl sites for hydroxylation is 3. The summed E-state index contributed by atoms with van der Waals surface area (Å²) in [4.78, 5) is 12.8. The van der Waals surface area contributed by atoms with Gasteiger partial charge in [-0.15, -0.1) is 0 Å². The van der Waals surface area contributed by atoms with E-state index in [-0.39, 0.29) is 5.91 Å². The van der Waals surface area contributed by atoms with Crippen LogP contribution in [-0.2, 0) is 4.79 Å². The monoisotopic (exact) mass is 418 g/mol. The number of hydrogen-bond acceptors (Lipinski definition) is 4. The molecule has 0 fully saturated rings. The van der Waals surface area contributed by atoms with E-state index in [4.69, 9.17) is 9.47 Å². The summed E-state index contributed by atoms with van der Waals surface area (Å²) < 4.78 is 10.8. The molecule has 3 rings (SSSR count).